The van der Waals surface area contributed by atoms with Crippen LogP contribution in [0.15, 0.2) is 12.1 Å². The van der Waals surface area contributed by atoms with E-state index in [-0.39, 0.29) is 6.09 Å². The summed E-state index contributed by atoms with van der Waals surface area (Å²) in [6, 6.07) is 5.03. The van der Waals surface area contributed by atoms with Gasteiger partial charge in [-0.25, -0.2) is 9.78 Å². The lowest BCUT2D eigenvalue weighted by Gasteiger charge is -2.37. The zero-order valence-corrected chi connectivity index (χ0v) is 15.4. The van der Waals surface area contributed by atoms with E-state index < -0.39 is 0 Å². The number of aromatic nitrogens is 1. The summed E-state index contributed by atoms with van der Waals surface area (Å²) in [4.78, 5) is 19.2. The minimum Gasteiger partial charge on any atom is -0.450 e. The minimum atomic E-state index is -0.126. The zero-order chi connectivity index (χ0) is 16.8. The van der Waals surface area contributed by atoms with E-state index in [0.717, 1.165) is 31.2 Å². The molecule has 0 N–H and O–H groups in total. The number of piperidine rings is 1. The van der Waals surface area contributed by atoms with Gasteiger partial charge in [-0.3, -0.25) is 0 Å². The highest BCUT2D eigenvalue weighted by Gasteiger charge is 2.45. The fourth-order valence-electron chi connectivity index (χ4n) is 4.29. The van der Waals surface area contributed by atoms with Crippen molar-refractivity contribution in [3.63, 3.8) is 0 Å². The summed E-state index contributed by atoms with van der Waals surface area (Å²) in [5, 5.41) is 1.25. The molecular formula is C19H24N2O2S. The van der Waals surface area contributed by atoms with Crippen molar-refractivity contribution in [2.24, 2.45) is 0 Å². The number of carbonyl (C=O) groups excluding carboxylic acids is 1. The third-order valence-electron chi connectivity index (χ3n) is 5.66. The van der Waals surface area contributed by atoms with Crippen molar-refractivity contribution in [2.75, 3.05) is 6.61 Å². The number of carbonyl (C=O) groups is 1. The summed E-state index contributed by atoms with van der Waals surface area (Å²) in [5.41, 5.74) is 3.76. The standard InChI is InChI=1S/C19H24N2O2S/c1-4-23-19(22)21-14-6-7-15(21)10-13(9-14)18-20-17-12(3)11(2)5-8-16(17)24-18/h5,8,13-15H,4,6-7,9-10H2,1-3H3/t13?,14-,15+. The maximum absolute atomic E-state index is 12.2. The number of rotatable bonds is 2. The van der Waals surface area contributed by atoms with Crippen LogP contribution in [0.1, 0.15) is 54.7 Å². The van der Waals surface area contributed by atoms with Gasteiger partial charge in [-0.2, -0.15) is 0 Å². The number of amides is 1. The Morgan fingerprint density at radius 3 is 2.67 bits per heavy atom. The van der Waals surface area contributed by atoms with E-state index >= 15 is 0 Å². The van der Waals surface area contributed by atoms with Crippen molar-refractivity contribution < 1.29 is 9.53 Å². The molecule has 1 aromatic carbocycles. The van der Waals surface area contributed by atoms with E-state index in [2.05, 4.69) is 26.0 Å². The second-order valence-electron chi connectivity index (χ2n) is 7.07. The average molecular weight is 344 g/mol. The third-order valence-corrected chi connectivity index (χ3v) is 6.85. The SMILES string of the molecule is CCOC(=O)N1[C@@H]2CC[C@H]1CC(c1nc3c(C)c(C)ccc3s1)C2. The fourth-order valence-corrected chi connectivity index (χ4v) is 5.45. The van der Waals surface area contributed by atoms with E-state index in [1.54, 1.807) is 0 Å². The van der Waals surface area contributed by atoms with Gasteiger partial charge < -0.3 is 9.64 Å². The summed E-state index contributed by atoms with van der Waals surface area (Å²) in [5.74, 6) is 0.477. The van der Waals surface area contributed by atoms with Crippen LogP contribution in [0.5, 0.6) is 0 Å². The Balaban J connectivity index is 1.59. The highest BCUT2D eigenvalue weighted by Crippen LogP contribution is 2.45. The van der Waals surface area contributed by atoms with Gasteiger partial charge in [-0.05, 0) is 63.6 Å². The smallest absolute Gasteiger partial charge is 0.410 e. The van der Waals surface area contributed by atoms with Crippen molar-refractivity contribution in [1.29, 1.82) is 0 Å². The average Bonchev–Trinajstić information content (AvgIpc) is 3.11. The topological polar surface area (TPSA) is 42.4 Å². The van der Waals surface area contributed by atoms with Gasteiger partial charge in [-0.1, -0.05) is 6.07 Å². The van der Waals surface area contributed by atoms with Gasteiger partial charge in [0.1, 0.15) is 0 Å². The molecule has 0 radical (unpaired) electrons. The number of hydrogen-bond donors (Lipinski definition) is 0. The number of thiazole rings is 1. The second kappa shape index (κ2) is 6.03. The van der Waals surface area contributed by atoms with Crippen molar-refractivity contribution in [3.8, 4) is 0 Å². The molecule has 2 bridgehead atoms. The Hall–Kier alpha value is -1.62. The molecule has 2 aliphatic heterocycles. The Bertz CT molecular complexity index is 771. The van der Waals surface area contributed by atoms with Crippen molar-refractivity contribution in [1.82, 2.24) is 9.88 Å². The maximum atomic E-state index is 12.2. The van der Waals surface area contributed by atoms with Crippen LogP contribution in [-0.4, -0.2) is 34.7 Å². The zero-order valence-electron chi connectivity index (χ0n) is 14.5. The lowest BCUT2D eigenvalue weighted by molar-refractivity contribution is 0.0690. The molecule has 2 aliphatic rings. The Kier molecular flexibility index (Phi) is 3.99. The van der Waals surface area contributed by atoms with Crippen molar-refractivity contribution >= 4 is 27.6 Å². The van der Waals surface area contributed by atoms with Crippen LogP contribution in [0.25, 0.3) is 10.2 Å². The van der Waals surface area contributed by atoms with Gasteiger partial charge >= 0.3 is 6.09 Å². The molecule has 4 nitrogen and oxygen atoms in total. The van der Waals surface area contributed by atoms with Crippen LogP contribution in [0.2, 0.25) is 0 Å². The van der Waals surface area contributed by atoms with Gasteiger partial charge in [-0.15, -0.1) is 11.3 Å². The fraction of sp³-hybridized carbons (Fsp3) is 0.579. The Morgan fingerprint density at radius 2 is 2.00 bits per heavy atom. The number of ether oxygens (including phenoxy) is 1. The lowest BCUT2D eigenvalue weighted by atomic mass is 9.91. The largest absolute Gasteiger partial charge is 0.450 e. The highest BCUT2D eigenvalue weighted by atomic mass is 32.1. The lowest BCUT2D eigenvalue weighted by Crippen LogP contribution is -2.46. The summed E-state index contributed by atoms with van der Waals surface area (Å²) >= 11 is 1.83. The molecule has 3 atom stereocenters. The normalized spacial score (nSPS) is 26.1. The Morgan fingerprint density at radius 1 is 1.29 bits per heavy atom. The van der Waals surface area contributed by atoms with Gasteiger partial charge in [0.25, 0.3) is 0 Å². The predicted octanol–water partition coefficient (Wildman–Crippen LogP) is 4.78. The molecule has 4 rings (SSSR count). The van der Waals surface area contributed by atoms with E-state index in [1.807, 2.05) is 23.2 Å². The number of fused-ring (bicyclic) bond motifs is 3. The second-order valence-corrected chi connectivity index (χ2v) is 8.13. The molecular weight excluding hydrogens is 320 g/mol. The predicted molar refractivity (Wildman–Crippen MR) is 96.7 cm³/mol. The summed E-state index contributed by atoms with van der Waals surface area (Å²) in [6.45, 7) is 6.63. The van der Waals surface area contributed by atoms with Crippen LogP contribution in [-0.2, 0) is 4.74 Å². The number of benzene rings is 1. The number of hydrogen-bond acceptors (Lipinski definition) is 4. The van der Waals surface area contributed by atoms with Crippen LogP contribution >= 0.6 is 11.3 Å². The van der Waals surface area contributed by atoms with E-state index in [0.29, 0.717) is 24.6 Å². The van der Waals surface area contributed by atoms with E-state index in [9.17, 15) is 4.79 Å². The number of nitrogens with zero attached hydrogens (tertiary/aromatic N) is 2. The first-order valence-corrected chi connectivity index (χ1v) is 9.71. The van der Waals surface area contributed by atoms with Gasteiger partial charge in [0, 0.05) is 18.0 Å². The summed E-state index contributed by atoms with van der Waals surface area (Å²) < 4.78 is 6.54. The van der Waals surface area contributed by atoms with E-state index in [1.165, 1.54) is 20.8 Å². The van der Waals surface area contributed by atoms with Crippen LogP contribution in [0.3, 0.4) is 0 Å². The molecule has 0 spiro atoms. The van der Waals surface area contributed by atoms with Crippen molar-refractivity contribution in [2.45, 2.75) is 64.5 Å². The van der Waals surface area contributed by atoms with Crippen molar-refractivity contribution in [3.05, 3.63) is 28.3 Å². The summed E-state index contributed by atoms with van der Waals surface area (Å²) in [7, 11) is 0. The molecule has 24 heavy (non-hydrogen) atoms. The quantitative estimate of drug-likeness (QED) is 0.787. The first-order chi connectivity index (χ1) is 11.6. The molecule has 5 heteroatoms. The monoisotopic (exact) mass is 344 g/mol. The molecule has 128 valence electrons. The molecule has 2 saturated heterocycles. The van der Waals surface area contributed by atoms with Gasteiger partial charge in [0.15, 0.2) is 0 Å². The molecule has 3 heterocycles. The van der Waals surface area contributed by atoms with Gasteiger partial charge in [0.2, 0.25) is 0 Å². The first kappa shape index (κ1) is 15.9. The molecule has 1 amide bonds. The molecule has 1 unspecified atom stereocenters. The maximum Gasteiger partial charge on any atom is 0.410 e. The molecule has 2 aromatic rings. The summed E-state index contributed by atoms with van der Waals surface area (Å²) in [6.07, 6.45) is 4.12. The van der Waals surface area contributed by atoms with E-state index in [4.69, 9.17) is 9.72 Å². The minimum absolute atomic E-state index is 0.126. The molecule has 1 aromatic heterocycles. The third kappa shape index (κ3) is 2.50. The van der Waals surface area contributed by atoms with Crippen LogP contribution in [0, 0.1) is 13.8 Å². The van der Waals surface area contributed by atoms with Crippen LogP contribution < -0.4 is 0 Å². The Labute approximate surface area is 146 Å². The van der Waals surface area contributed by atoms with Gasteiger partial charge in [0.05, 0.1) is 21.8 Å². The molecule has 0 aliphatic carbocycles. The number of aryl methyl sites for hydroxylation is 2. The molecule has 2 fully saturated rings. The first-order valence-electron chi connectivity index (χ1n) is 8.90. The van der Waals surface area contributed by atoms with Crippen LogP contribution in [0.4, 0.5) is 4.79 Å². The molecule has 0 saturated carbocycles. The highest BCUT2D eigenvalue weighted by molar-refractivity contribution is 7.18.